The number of nitrogens with zero attached hydrogens (tertiary/aromatic N) is 3. The predicted molar refractivity (Wildman–Crippen MR) is 125 cm³/mol. The molecule has 0 unspecified atom stereocenters. The van der Waals surface area contributed by atoms with Crippen LogP contribution in [0.1, 0.15) is 41.2 Å². The molecule has 3 heterocycles. The highest BCUT2D eigenvalue weighted by atomic mass is 19.1. The van der Waals surface area contributed by atoms with Crippen molar-refractivity contribution >= 4 is 17.3 Å². The Kier molecular flexibility index (Phi) is 4.75. The van der Waals surface area contributed by atoms with Crippen LogP contribution < -0.4 is 16.2 Å². The lowest BCUT2D eigenvalue weighted by atomic mass is 9.90. The van der Waals surface area contributed by atoms with Crippen LogP contribution in [0.4, 0.5) is 15.8 Å². The van der Waals surface area contributed by atoms with Gasteiger partial charge in [0.2, 0.25) is 0 Å². The molecule has 2 aromatic heterocycles. The van der Waals surface area contributed by atoms with Crippen LogP contribution >= 0.6 is 0 Å². The maximum Gasteiger partial charge on any atom is 0.274 e. The van der Waals surface area contributed by atoms with Crippen LogP contribution in [-0.4, -0.2) is 26.7 Å². The second-order valence-corrected chi connectivity index (χ2v) is 9.84. The van der Waals surface area contributed by atoms with Crippen molar-refractivity contribution in [2.45, 2.75) is 39.8 Å². The molecular formula is C25H27FN4O3. The number of aryl methyl sites for hydroxylation is 1. The van der Waals surface area contributed by atoms with Crippen LogP contribution in [0, 0.1) is 11.2 Å². The number of aliphatic hydroxyl groups excluding tert-OH is 1. The van der Waals surface area contributed by atoms with Gasteiger partial charge >= 0.3 is 0 Å². The molecule has 33 heavy (non-hydrogen) atoms. The third kappa shape index (κ3) is 3.36. The molecule has 3 aromatic rings. The Bertz CT molecular complexity index is 1340. The van der Waals surface area contributed by atoms with Gasteiger partial charge in [-0.05, 0) is 53.6 Å². The van der Waals surface area contributed by atoms with E-state index in [1.807, 2.05) is 6.07 Å². The van der Waals surface area contributed by atoms with E-state index in [0.717, 1.165) is 12.8 Å². The number of pyridine rings is 1. The second-order valence-electron chi connectivity index (χ2n) is 9.84. The molecule has 0 bridgehead atoms. The van der Waals surface area contributed by atoms with Crippen molar-refractivity contribution in [3.63, 3.8) is 0 Å². The summed E-state index contributed by atoms with van der Waals surface area (Å²) in [6.07, 6.45) is 3.40. The summed E-state index contributed by atoms with van der Waals surface area (Å²) in [6.45, 7) is 5.04. The lowest BCUT2D eigenvalue weighted by molar-refractivity contribution is 0.0963. The summed E-state index contributed by atoms with van der Waals surface area (Å²) < 4.78 is 18.2. The Morgan fingerprint density at radius 1 is 1.12 bits per heavy atom. The number of nitrogens with two attached hydrogens (primary N) is 1. The highest BCUT2D eigenvalue weighted by Crippen LogP contribution is 2.40. The van der Waals surface area contributed by atoms with Crippen molar-refractivity contribution in [3.05, 3.63) is 69.1 Å². The van der Waals surface area contributed by atoms with Crippen molar-refractivity contribution in [3.8, 4) is 11.1 Å². The molecule has 172 valence electrons. The molecule has 5 rings (SSSR count). The van der Waals surface area contributed by atoms with Gasteiger partial charge in [0, 0.05) is 43.2 Å². The van der Waals surface area contributed by atoms with Gasteiger partial charge in [-0.1, -0.05) is 13.8 Å². The van der Waals surface area contributed by atoms with Crippen LogP contribution in [0.25, 0.3) is 11.1 Å². The van der Waals surface area contributed by atoms with Crippen LogP contribution in [0.5, 0.6) is 0 Å². The van der Waals surface area contributed by atoms with Crippen LogP contribution in [0.15, 0.2) is 35.3 Å². The van der Waals surface area contributed by atoms with E-state index in [9.17, 15) is 19.1 Å². The number of hydrogen-bond acceptors (Lipinski definition) is 4. The fourth-order valence-corrected chi connectivity index (χ4v) is 5.31. The molecule has 0 saturated heterocycles. The van der Waals surface area contributed by atoms with Gasteiger partial charge in [-0.2, -0.15) is 0 Å². The summed E-state index contributed by atoms with van der Waals surface area (Å²) in [4.78, 5) is 27.0. The third-order valence-corrected chi connectivity index (χ3v) is 6.79. The average Bonchev–Trinajstić information content (AvgIpc) is 3.23. The Morgan fingerprint density at radius 2 is 1.88 bits per heavy atom. The van der Waals surface area contributed by atoms with Gasteiger partial charge in [-0.25, -0.2) is 4.39 Å². The number of carbonyl (C=O) groups excluding carboxylic acids is 1. The molecule has 2 aliphatic rings. The summed E-state index contributed by atoms with van der Waals surface area (Å²) in [7, 11) is 1.56. The average molecular weight is 451 g/mol. The molecule has 1 amide bonds. The maximum absolute atomic E-state index is 14.8. The fourth-order valence-electron chi connectivity index (χ4n) is 5.31. The van der Waals surface area contributed by atoms with E-state index >= 15 is 0 Å². The number of nitrogen functional groups attached to an aromatic ring is 1. The number of hydrogen-bond donors (Lipinski definition) is 2. The number of anilines is 2. The van der Waals surface area contributed by atoms with Gasteiger partial charge in [0.15, 0.2) is 0 Å². The lowest BCUT2D eigenvalue weighted by Crippen LogP contribution is -2.41. The first-order chi connectivity index (χ1) is 15.6. The molecule has 1 aromatic carbocycles. The normalized spacial score (nSPS) is 16.8. The zero-order valence-electron chi connectivity index (χ0n) is 19.0. The third-order valence-electron chi connectivity index (χ3n) is 6.79. The number of halogens is 1. The summed E-state index contributed by atoms with van der Waals surface area (Å²) in [5.74, 6) is -0.748. The first-order valence-corrected chi connectivity index (χ1v) is 11.0. The number of carbonyl (C=O) groups is 1. The quantitative estimate of drug-likeness (QED) is 0.642. The zero-order valence-corrected chi connectivity index (χ0v) is 19.0. The number of benzene rings is 1. The Hall–Kier alpha value is -3.39. The van der Waals surface area contributed by atoms with Crippen molar-refractivity contribution in [2.24, 2.45) is 12.5 Å². The highest BCUT2D eigenvalue weighted by molar-refractivity contribution is 6.07. The lowest BCUT2D eigenvalue weighted by Gasteiger charge is -2.32. The van der Waals surface area contributed by atoms with Gasteiger partial charge in [0.05, 0.1) is 18.0 Å². The highest BCUT2D eigenvalue weighted by Gasteiger charge is 2.37. The summed E-state index contributed by atoms with van der Waals surface area (Å²) in [5.41, 5.74) is 10.3. The molecule has 8 heteroatoms. The maximum atomic E-state index is 14.8. The molecule has 0 saturated carbocycles. The Labute approximate surface area is 190 Å². The van der Waals surface area contributed by atoms with Gasteiger partial charge in [0.1, 0.15) is 11.5 Å². The minimum Gasteiger partial charge on any atom is -0.394 e. The van der Waals surface area contributed by atoms with Crippen LogP contribution in [0.2, 0.25) is 0 Å². The first kappa shape index (κ1) is 21.5. The van der Waals surface area contributed by atoms with Crippen molar-refractivity contribution in [1.29, 1.82) is 0 Å². The van der Waals surface area contributed by atoms with Gasteiger partial charge in [0.25, 0.3) is 11.5 Å². The second kappa shape index (κ2) is 7.31. The molecule has 1 aliphatic heterocycles. The Balaban J connectivity index is 1.60. The van der Waals surface area contributed by atoms with Crippen LogP contribution in [-0.2, 0) is 33.0 Å². The van der Waals surface area contributed by atoms with Gasteiger partial charge < -0.3 is 24.9 Å². The first-order valence-electron chi connectivity index (χ1n) is 11.0. The number of aromatic nitrogens is 2. The smallest absolute Gasteiger partial charge is 0.274 e. The summed E-state index contributed by atoms with van der Waals surface area (Å²) in [6, 6.07) is 6.01. The van der Waals surface area contributed by atoms with Crippen LogP contribution in [0.3, 0.4) is 0 Å². The van der Waals surface area contributed by atoms with Gasteiger partial charge in [-0.15, -0.1) is 0 Å². The monoisotopic (exact) mass is 450 g/mol. The van der Waals surface area contributed by atoms with E-state index in [0.29, 0.717) is 41.2 Å². The number of amides is 1. The van der Waals surface area contributed by atoms with Crippen molar-refractivity contribution in [2.75, 3.05) is 17.2 Å². The standard InChI is InChI=1S/C25H27FN4O3/c1-25(2)10-14-7-21-24(33)30(5-4-29(21)22(14)11-25)20-9-16(26)8-17(18(20)13-31)15-6-19(27)23(32)28(3)12-15/h6-9,12,31H,4-5,10-11,13,27H2,1-3H3. The van der Waals surface area contributed by atoms with Gasteiger partial charge in [-0.3, -0.25) is 9.59 Å². The van der Waals surface area contributed by atoms with E-state index in [-0.39, 0.29) is 22.6 Å². The molecule has 0 radical (unpaired) electrons. The van der Waals surface area contributed by atoms with E-state index < -0.39 is 12.4 Å². The minimum atomic E-state index is -0.539. The van der Waals surface area contributed by atoms with Crippen molar-refractivity contribution < 1.29 is 14.3 Å². The predicted octanol–water partition coefficient (Wildman–Crippen LogP) is 2.85. The van der Waals surface area contributed by atoms with E-state index in [1.165, 1.54) is 34.0 Å². The summed E-state index contributed by atoms with van der Waals surface area (Å²) in [5, 5.41) is 10.2. The SMILES string of the molecule is Cn1cc(-c2cc(F)cc(N3CCn4c(cc5c4CC(C)(C)C5)C3=O)c2CO)cc(N)c1=O. The van der Waals surface area contributed by atoms with E-state index in [2.05, 4.69) is 18.4 Å². The number of rotatable bonds is 3. The molecule has 0 spiro atoms. The molecule has 7 nitrogen and oxygen atoms in total. The number of aliphatic hydroxyl groups is 1. The molecular weight excluding hydrogens is 423 g/mol. The molecule has 1 aliphatic carbocycles. The van der Waals surface area contributed by atoms with Crippen molar-refractivity contribution in [1.82, 2.24) is 9.13 Å². The Morgan fingerprint density at radius 3 is 2.58 bits per heavy atom. The fraction of sp³-hybridized carbons (Fsp3) is 0.360. The van der Waals surface area contributed by atoms with E-state index in [1.54, 1.807) is 18.1 Å². The number of fused-ring (bicyclic) bond motifs is 3. The molecule has 3 N–H and O–H groups in total. The molecule has 0 fully saturated rings. The summed E-state index contributed by atoms with van der Waals surface area (Å²) >= 11 is 0. The topological polar surface area (TPSA) is 93.5 Å². The zero-order chi connectivity index (χ0) is 23.7. The largest absolute Gasteiger partial charge is 0.394 e. The molecule has 0 atom stereocenters. The minimum absolute atomic E-state index is 0.0222. The van der Waals surface area contributed by atoms with E-state index in [4.69, 9.17) is 5.73 Å².